The first-order chi connectivity index (χ1) is 8.56. The van der Waals surface area contributed by atoms with Crippen molar-refractivity contribution in [3.05, 3.63) is 28.7 Å². The number of carbonyl (C=O) groups excluding carboxylic acids is 1. The standard InChI is InChI=1S/C13H17BrN2O2/c1-13(6-7-15)9-16(12(17)8-18-13)11-5-3-2-4-10(11)14/h2-5H,6-9,15H2,1H3. The van der Waals surface area contributed by atoms with Crippen molar-refractivity contribution in [2.45, 2.75) is 18.9 Å². The molecule has 1 fully saturated rings. The van der Waals surface area contributed by atoms with Crippen LogP contribution in [0.25, 0.3) is 0 Å². The molecule has 98 valence electrons. The highest BCUT2D eigenvalue weighted by atomic mass is 79.9. The number of carbonyl (C=O) groups is 1. The molecule has 0 saturated carbocycles. The molecule has 1 unspecified atom stereocenters. The van der Waals surface area contributed by atoms with E-state index < -0.39 is 0 Å². The Bertz CT molecular complexity index is 452. The SMILES string of the molecule is CC1(CCN)CN(c2ccccc2Br)C(=O)CO1. The lowest BCUT2D eigenvalue weighted by atomic mass is 9.99. The number of anilines is 1. The van der Waals surface area contributed by atoms with Gasteiger partial charge in [0.15, 0.2) is 0 Å². The second-order valence-corrected chi connectivity index (χ2v) is 5.56. The smallest absolute Gasteiger partial charge is 0.253 e. The van der Waals surface area contributed by atoms with Gasteiger partial charge in [0.2, 0.25) is 0 Å². The Morgan fingerprint density at radius 1 is 1.50 bits per heavy atom. The van der Waals surface area contributed by atoms with E-state index in [1.54, 1.807) is 4.90 Å². The molecule has 1 atom stereocenters. The molecule has 1 saturated heterocycles. The van der Waals surface area contributed by atoms with E-state index in [0.717, 1.165) is 16.6 Å². The maximum Gasteiger partial charge on any atom is 0.253 e. The minimum atomic E-state index is -0.363. The van der Waals surface area contributed by atoms with Gasteiger partial charge in [-0.05, 0) is 48.0 Å². The van der Waals surface area contributed by atoms with Crippen molar-refractivity contribution in [2.24, 2.45) is 5.73 Å². The van der Waals surface area contributed by atoms with Gasteiger partial charge in [0, 0.05) is 4.47 Å². The second kappa shape index (κ2) is 5.38. The third-order valence-corrected chi connectivity index (χ3v) is 3.82. The van der Waals surface area contributed by atoms with Gasteiger partial charge >= 0.3 is 0 Å². The van der Waals surface area contributed by atoms with E-state index in [1.165, 1.54) is 0 Å². The summed E-state index contributed by atoms with van der Waals surface area (Å²) in [5.74, 6) is -0.0172. The summed E-state index contributed by atoms with van der Waals surface area (Å²) < 4.78 is 6.54. The predicted molar refractivity (Wildman–Crippen MR) is 74.5 cm³/mol. The number of ether oxygens (including phenoxy) is 1. The summed E-state index contributed by atoms with van der Waals surface area (Å²) in [6.07, 6.45) is 0.737. The third-order valence-electron chi connectivity index (χ3n) is 3.15. The molecule has 1 aromatic carbocycles. The fourth-order valence-corrected chi connectivity index (χ4v) is 2.63. The molecule has 2 rings (SSSR count). The highest BCUT2D eigenvalue weighted by Gasteiger charge is 2.36. The van der Waals surface area contributed by atoms with Crippen molar-refractivity contribution in [1.29, 1.82) is 0 Å². The fourth-order valence-electron chi connectivity index (χ4n) is 2.13. The van der Waals surface area contributed by atoms with E-state index in [2.05, 4.69) is 15.9 Å². The molecular formula is C13H17BrN2O2. The highest BCUT2D eigenvalue weighted by molar-refractivity contribution is 9.10. The molecule has 0 aromatic heterocycles. The van der Waals surface area contributed by atoms with Crippen molar-refractivity contribution in [1.82, 2.24) is 0 Å². The van der Waals surface area contributed by atoms with Crippen LogP contribution in [0.1, 0.15) is 13.3 Å². The first-order valence-corrected chi connectivity index (χ1v) is 6.74. The van der Waals surface area contributed by atoms with E-state index >= 15 is 0 Å². The van der Waals surface area contributed by atoms with Gasteiger partial charge in [0.1, 0.15) is 6.61 Å². The van der Waals surface area contributed by atoms with Crippen molar-refractivity contribution < 1.29 is 9.53 Å². The van der Waals surface area contributed by atoms with Crippen molar-refractivity contribution in [3.8, 4) is 0 Å². The lowest BCUT2D eigenvalue weighted by Gasteiger charge is -2.40. The zero-order valence-corrected chi connectivity index (χ0v) is 11.9. The van der Waals surface area contributed by atoms with Gasteiger partial charge < -0.3 is 15.4 Å². The van der Waals surface area contributed by atoms with Crippen molar-refractivity contribution >= 4 is 27.5 Å². The van der Waals surface area contributed by atoms with Crippen LogP contribution in [0.15, 0.2) is 28.7 Å². The zero-order chi connectivity index (χ0) is 13.2. The lowest BCUT2D eigenvalue weighted by molar-refractivity contribution is -0.137. The Balaban J connectivity index is 2.26. The van der Waals surface area contributed by atoms with Gasteiger partial charge in [-0.2, -0.15) is 0 Å². The molecule has 0 bridgehead atoms. The first kappa shape index (κ1) is 13.5. The van der Waals surface area contributed by atoms with Gasteiger partial charge in [-0.1, -0.05) is 12.1 Å². The lowest BCUT2D eigenvalue weighted by Crippen LogP contribution is -2.54. The van der Waals surface area contributed by atoms with Crippen LogP contribution in [0.5, 0.6) is 0 Å². The fraction of sp³-hybridized carbons (Fsp3) is 0.462. The molecule has 5 heteroatoms. The van der Waals surface area contributed by atoms with Crippen LogP contribution in [0, 0.1) is 0 Å². The van der Waals surface area contributed by atoms with Crippen LogP contribution in [0.3, 0.4) is 0 Å². The number of amides is 1. The van der Waals surface area contributed by atoms with E-state index in [9.17, 15) is 4.79 Å². The number of nitrogens with zero attached hydrogens (tertiary/aromatic N) is 1. The van der Waals surface area contributed by atoms with E-state index in [0.29, 0.717) is 13.1 Å². The van der Waals surface area contributed by atoms with Crippen LogP contribution in [0.2, 0.25) is 0 Å². The van der Waals surface area contributed by atoms with Gasteiger partial charge in [-0.3, -0.25) is 4.79 Å². The Morgan fingerprint density at radius 3 is 2.89 bits per heavy atom. The van der Waals surface area contributed by atoms with Crippen LogP contribution in [0.4, 0.5) is 5.69 Å². The quantitative estimate of drug-likeness (QED) is 0.927. The molecule has 2 N–H and O–H groups in total. The normalized spacial score (nSPS) is 24.4. The monoisotopic (exact) mass is 312 g/mol. The van der Waals surface area contributed by atoms with Gasteiger partial charge in [-0.15, -0.1) is 0 Å². The summed E-state index contributed by atoms with van der Waals surface area (Å²) in [5.41, 5.74) is 6.12. The second-order valence-electron chi connectivity index (χ2n) is 4.71. The number of morpholine rings is 1. The summed E-state index contributed by atoms with van der Waals surface area (Å²) in [7, 11) is 0. The summed E-state index contributed by atoms with van der Waals surface area (Å²) in [5, 5.41) is 0. The van der Waals surface area contributed by atoms with Crippen molar-refractivity contribution in [2.75, 3.05) is 24.6 Å². The predicted octanol–water partition coefficient (Wildman–Crippen LogP) is 1.92. The summed E-state index contributed by atoms with van der Waals surface area (Å²) in [6, 6.07) is 7.70. The van der Waals surface area contributed by atoms with Gasteiger partial charge in [0.05, 0.1) is 17.8 Å². The summed E-state index contributed by atoms with van der Waals surface area (Å²) in [4.78, 5) is 13.8. The van der Waals surface area contributed by atoms with E-state index in [1.807, 2.05) is 31.2 Å². The zero-order valence-electron chi connectivity index (χ0n) is 10.4. The highest BCUT2D eigenvalue weighted by Crippen LogP contribution is 2.31. The Hall–Kier alpha value is -0.910. The number of benzene rings is 1. The van der Waals surface area contributed by atoms with Crippen molar-refractivity contribution in [3.63, 3.8) is 0 Å². The number of rotatable bonds is 3. The van der Waals surface area contributed by atoms with E-state index in [-0.39, 0.29) is 18.1 Å². The Labute approximate surface area is 115 Å². The van der Waals surface area contributed by atoms with Gasteiger partial charge in [0.25, 0.3) is 5.91 Å². The number of hydrogen-bond acceptors (Lipinski definition) is 3. The van der Waals surface area contributed by atoms with Gasteiger partial charge in [-0.25, -0.2) is 0 Å². The number of halogens is 1. The molecule has 1 heterocycles. The number of hydrogen-bond donors (Lipinski definition) is 1. The molecule has 18 heavy (non-hydrogen) atoms. The van der Waals surface area contributed by atoms with Crippen LogP contribution in [-0.4, -0.2) is 31.2 Å². The molecule has 1 aromatic rings. The number of nitrogens with two attached hydrogens (primary N) is 1. The Kier molecular flexibility index (Phi) is 4.04. The molecule has 1 aliphatic rings. The number of para-hydroxylation sites is 1. The third kappa shape index (κ3) is 2.74. The van der Waals surface area contributed by atoms with Crippen LogP contribution >= 0.6 is 15.9 Å². The molecule has 0 aliphatic carbocycles. The first-order valence-electron chi connectivity index (χ1n) is 5.95. The molecule has 0 radical (unpaired) electrons. The summed E-state index contributed by atoms with van der Waals surface area (Å²) in [6.45, 7) is 3.19. The minimum absolute atomic E-state index is 0.0172. The minimum Gasteiger partial charge on any atom is -0.364 e. The van der Waals surface area contributed by atoms with Crippen LogP contribution in [-0.2, 0) is 9.53 Å². The van der Waals surface area contributed by atoms with Crippen LogP contribution < -0.4 is 10.6 Å². The molecule has 4 nitrogen and oxygen atoms in total. The molecule has 0 spiro atoms. The maximum absolute atomic E-state index is 12.0. The van der Waals surface area contributed by atoms with E-state index in [4.69, 9.17) is 10.5 Å². The topological polar surface area (TPSA) is 55.6 Å². The summed E-state index contributed by atoms with van der Waals surface area (Å²) >= 11 is 3.48. The molecule has 1 amide bonds. The largest absolute Gasteiger partial charge is 0.364 e. The Morgan fingerprint density at radius 2 is 2.22 bits per heavy atom. The molecular weight excluding hydrogens is 296 g/mol. The molecule has 1 aliphatic heterocycles. The average molecular weight is 313 g/mol. The average Bonchev–Trinajstić information content (AvgIpc) is 2.34. The maximum atomic E-state index is 12.0.